The minimum Gasteiger partial charge on any atom is -0.335 e. The Bertz CT molecular complexity index is 1060. The van der Waals surface area contributed by atoms with Gasteiger partial charge < -0.3 is 9.47 Å². The molecule has 0 bridgehead atoms. The summed E-state index contributed by atoms with van der Waals surface area (Å²) in [6.07, 6.45) is 1.65. The molecule has 3 heterocycles. The Morgan fingerprint density at radius 2 is 1.93 bits per heavy atom. The summed E-state index contributed by atoms with van der Waals surface area (Å²) in [5.41, 5.74) is 2.78. The van der Waals surface area contributed by atoms with Crippen LogP contribution in [0.3, 0.4) is 0 Å². The van der Waals surface area contributed by atoms with Crippen molar-refractivity contribution < 1.29 is 4.79 Å². The summed E-state index contributed by atoms with van der Waals surface area (Å²) in [6, 6.07) is 9.42. The van der Waals surface area contributed by atoms with Crippen molar-refractivity contribution in [3.63, 3.8) is 0 Å². The molecule has 0 unspecified atom stereocenters. The number of nitrogens with zero attached hydrogens (tertiary/aromatic N) is 5. The molecule has 2 aromatic heterocycles. The van der Waals surface area contributed by atoms with Gasteiger partial charge in [0.25, 0.3) is 5.91 Å². The van der Waals surface area contributed by atoms with Crippen molar-refractivity contribution in [3.05, 3.63) is 47.1 Å². The highest BCUT2D eigenvalue weighted by Gasteiger charge is 2.33. The van der Waals surface area contributed by atoms with Gasteiger partial charge in [0.15, 0.2) is 5.65 Å². The highest BCUT2D eigenvalue weighted by atomic mass is 35.5. The van der Waals surface area contributed by atoms with E-state index >= 15 is 0 Å². The molecule has 0 spiro atoms. The molecule has 1 aromatic carbocycles. The molecule has 7 heteroatoms. The van der Waals surface area contributed by atoms with E-state index in [9.17, 15) is 4.79 Å². The quantitative estimate of drug-likeness (QED) is 0.664. The zero-order valence-corrected chi connectivity index (χ0v) is 17.4. The third-order valence-corrected chi connectivity index (χ3v) is 6.00. The number of amides is 1. The van der Waals surface area contributed by atoms with Crippen LogP contribution >= 0.6 is 11.6 Å². The fourth-order valence-corrected chi connectivity index (χ4v) is 3.89. The Labute approximate surface area is 169 Å². The van der Waals surface area contributed by atoms with Gasteiger partial charge in [0.2, 0.25) is 0 Å². The summed E-state index contributed by atoms with van der Waals surface area (Å²) >= 11 is 6.34. The molecule has 3 aromatic rings. The lowest BCUT2D eigenvalue weighted by Crippen LogP contribution is -2.58. The molecule has 1 amide bonds. The van der Waals surface area contributed by atoms with Crippen LogP contribution in [0.5, 0.6) is 0 Å². The van der Waals surface area contributed by atoms with Crippen molar-refractivity contribution in [2.24, 2.45) is 7.05 Å². The molecule has 6 nitrogen and oxygen atoms in total. The van der Waals surface area contributed by atoms with Crippen molar-refractivity contribution in [3.8, 4) is 11.4 Å². The Hall–Kier alpha value is -2.44. The predicted octanol–water partition coefficient (Wildman–Crippen LogP) is 3.45. The number of rotatable bonds is 2. The largest absolute Gasteiger partial charge is 0.335 e. The highest BCUT2D eigenvalue weighted by Crippen LogP contribution is 2.29. The number of carbonyl (C=O) groups is 1. The van der Waals surface area contributed by atoms with E-state index in [0.29, 0.717) is 29.2 Å². The fourth-order valence-electron chi connectivity index (χ4n) is 3.67. The first-order valence-electron chi connectivity index (χ1n) is 9.36. The number of hydrogen-bond donors (Lipinski definition) is 0. The van der Waals surface area contributed by atoms with E-state index in [1.165, 1.54) is 0 Å². The van der Waals surface area contributed by atoms with Crippen LogP contribution in [-0.4, -0.2) is 62.5 Å². The number of pyridine rings is 1. The van der Waals surface area contributed by atoms with Gasteiger partial charge in [-0.05, 0) is 39.1 Å². The maximum absolute atomic E-state index is 13.1. The Balaban J connectivity index is 1.69. The van der Waals surface area contributed by atoms with Gasteiger partial charge in [0.1, 0.15) is 11.3 Å². The molecule has 0 radical (unpaired) electrons. The van der Waals surface area contributed by atoms with E-state index < -0.39 is 0 Å². The van der Waals surface area contributed by atoms with Gasteiger partial charge in [0, 0.05) is 44.0 Å². The number of benzene rings is 1. The van der Waals surface area contributed by atoms with Crippen LogP contribution in [0.1, 0.15) is 24.2 Å². The molecule has 0 aliphatic carbocycles. The summed E-state index contributed by atoms with van der Waals surface area (Å²) in [5.74, 6) is 0.735. The standard InChI is InChI=1S/C21H24ClN5O/c1-21(2)13-27(10-9-25(21)3)20(28)14-11-17-19(23-12-14)26(4)18(24-17)15-7-5-6-8-16(15)22/h5-8,11-12H,9-10,13H2,1-4H3. The average Bonchev–Trinajstić information content (AvgIpc) is 2.99. The van der Waals surface area contributed by atoms with Crippen LogP contribution in [0.2, 0.25) is 5.02 Å². The van der Waals surface area contributed by atoms with Crippen LogP contribution in [0.25, 0.3) is 22.6 Å². The minimum absolute atomic E-state index is 0.000483. The Kier molecular flexibility index (Phi) is 4.63. The van der Waals surface area contributed by atoms with Gasteiger partial charge in [-0.3, -0.25) is 9.69 Å². The topological polar surface area (TPSA) is 54.3 Å². The van der Waals surface area contributed by atoms with E-state index in [4.69, 9.17) is 16.6 Å². The number of imidazole rings is 1. The average molecular weight is 398 g/mol. The number of hydrogen-bond acceptors (Lipinski definition) is 4. The highest BCUT2D eigenvalue weighted by molar-refractivity contribution is 6.33. The lowest BCUT2D eigenvalue weighted by Gasteiger charge is -2.45. The molecule has 0 atom stereocenters. The summed E-state index contributed by atoms with van der Waals surface area (Å²) in [4.78, 5) is 26.5. The van der Waals surface area contributed by atoms with Gasteiger partial charge >= 0.3 is 0 Å². The number of piperazine rings is 1. The van der Waals surface area contributed by atoms with E-state index in [1.807, 2.05) is 46.8 Å². The molecule has 1 aliphatic heterocycles. The van der Waals surface area contributed by atoms with Crippen molar-refractivity contribution in [1.82, 2.24) is 24.3 Å². The third kappa shape index (κ3) is 3.16. The fraction of sp³-hybridized carbons (Fsp3) is 0.381. The molecule has 0 N–H and O–H groups in total. The van der Waals surface area contributed by atoms with E-state index in [-0.39, 0.29) is 11.4 Å². The number of aryl methyl sites for hydroxylation is 1. The van der Waals surface area contributed by atoms with Crippen LogP contribution in [0, 0.1) is 0 Å². The second kappa shape index (κ2) is 6.87. The number of carbonyl (C=O) groups excluding carboxylic acids is 1. The molecule has 28 heavy (non-hydrogen) atoms. The lowest BCUT2D eigenvalue weighted by molar-refractivity contribution is 0.0311. The van der Waals surface area contributed by atoms with Crippen LogP contribution in [-0.2, 0) is 7.05 Å². The van der Waals surface area contributed by atoms with Gasteiger partial charge in [0.05, 0.1) is 10.6 Å². The first-order valence-corrected chi connectivity index (χ1v) is 9.73. The van der Waals surface area contributed by atoms with E-state index in [0.717, 1.165) is 23.6 Å². The monoisotopic (exact) mass is 397 g/mol. The second-order valence-corrected chi connectivity index (χ2v) is 8.41. The molecular weight excluding hydrogens is 374 g/mol. The number of halogens is 1. The van der Waals surface area contributed by atoms with Gasteiger partial charge in [-0.1, -0.05) is 23.7 Å². The number of aromatic nitrogens is 3. The molecule has 0 saturated carbocycles. The molecule has 146 valence electrons. The summed E-state index contributed by atoms with van der Waals surface area (Å²) in [6.45, 7) is 6.57. The Morgan fingerprint density at radius 3 is 2.64 bits per heavy atom. The normalized spacial score (nSPS) is 17.2. The molecular formula is C21H24ClN5O. The maximum Gasteiger partial charge on any atom is 0.255 e. The summed E-state index contributed by atoms with van der Waals surface area (Å²) in [5, 5.41) is 0.636. The number of likely N-dealkylation sites (N-methyl/N-ethyl adjacent to an activating group) is 1. The Morgan fingerprint density at radius 1 is 1.18 bits per heavy atom. The van der Waals surface area contributed by atoms with Crippen LogP contribution < -0.4 is 0 Å². The van der Waals surface area contributed by atoms with Crippen molar-refractivity contribution >= 4 is 28.7 Å². The van der Waals surface area contributed by atoms with Gasteiger partial charge in [-0.25, -0.2) is 9.97 Å². The van der Waals surface area contributed by atoms with E-state index in [2.05, 4.69) is 30.8 Å². The van der Waals surface area contributed by atoms with Gasteiger partial charge in [-0.2, -0.15) is 0 Å². The SMILES string of the molecule is CN1CCN(C(=O)c2cnc3c(c2)nc(-c2ccccc2Cl)n3C)CC1(C)C. The maximum atomic E-state index is 13.1. The molecule has 1 fully saturated rings. The predicted molar refractivity (Wildman–Crippen MR) is 112 cm³/mol. The first kappa shape index (κ1) is 18.9. The zero-order valence-electron chi connectivity index (χ0n) is 16.6. The van der Waals surface area contributed by atoms with Crippen molar-refractivity contribution in [1.29, 1.82) is 0 Å². The smallest absolute Gasteiger partial charge is 0.255 e. The van der Waals surface area contributed by atoms with Crippen molar-refractivity contribution in [2.75, 3.05) is 26.7 Å². The third-order valence-electron chi connectivity index (χ3n) is 5.67. The van der Waals surface area contributed by atoms with E-state index in [1.54, 1.807) is 6.20 Å². The van der Waals surface area contributed by atoms with Crippen molar-refractivity contribution in [2.45, 2.75) is 19.4 Å². The lowest BCUT2D eigenvalue weighted by atomic mass is 9.99. The first-order chi connectivity index (χ1) is 13.3. The molecule has 1 saturated heterocycles. The zero-order chi connectivity index (χ0) is 20.1. The molecule has 4 rings (SSSR count). The summed E-state index contributed by atoms with van der Waals surface area (Å²) in [7, 11) is 4.00. The molecule has 1 aliphatic rings. The minimum atomic E-state index is -0.0480. The number of fused-ring (bicyclic) bond motifs is 1. The van der Waals surface area contributed by atoms with Crippen LogP contribution in [0.4, 0.5) is 0 Å². The van der Waals surface area contributed by atoms with Gasteiger partial charge in [-0.15, -0.1) is 0 Å². The second-order valence-electron chi connectivity index (χ2n) is 8.00. The van der Waals surface area contributed by atoms with Crippen LogP contribution in [0.15, 0.2) is 36.5 Å². The summed E-state index contributed by atoms with van der Waals surface area (Å²) < 4.78 is 1.91.